The van der Waals surface area contributed by atoms with Crippen molar-refractivity contribution < 1.29 is 4.79 Å². The number of rotatable bonds is 7. The van der Waals surface area contributed by atoms with Gasteiger partial charge in [-0.1, -0.05) is 37.8 Å². The minimum Gasteiger partial charge on any atom is -0.299 e. The molecule has 0 radical (unpaired) electrons. The minimum atomic E-state index is 0.268. The van der Waals surface area contributed by atoms with E-state index in [-0.39, 0.29) is 5.78 Å². The molecule has 16 heavy (non-hydrogen) atoms. The molecule has 0 saturated carbocycles. The van der Waals surface area contributed by atoms with Crippen LogP contribution >= 0.6 is 11.6 Å². The minimum absolute atomic E-state index is 0.268. The quantitative estimate of drug-likeness (QED) is 0.677. The van der Waals surface area contributed by atoms with Crippen LogP contribution in [0.2, 0.25) is 5.02 Å². The van der Waals surface area contributed by atoms with Crippen molar-refractivity contribution >= 4 is 17.4 Å². The Labute approximate surface area is 102 Å². The molecule has 0 bridgehead atoms. The van der Waals surface area contributed by atoms with E-state index >= 15 is 0 Å². The first kappa shape index (κ1) is 13.2. The van der Waals surface area contributed by atoms with Crippen molar-refractivity contribution in [2.45, 2.75) is 45.4 Å². The summed E-state index contributed by atoms with van der Waals surface area (Å²) >= 11 is 5.94. The van der Waals surface area contributed by atoms with Gasteiger partial charge in [0.15, 0.2) is 0 Å². The van der Waals surface area contributed by atoms with Crippen LogP contribution < -0.4 is 0 Å². The Morgan fingerprint density at radius 1 is 1.38 bits per heavy atom. The number of pyridine rings is 1. The molecule has 0 aliphatic carbocycles. The fourth-order valence-electron chi connectivity index (χ4n) is 1.60. The Morgan fingerprint density at radius 3 is 2.88 bits per heavy atom. The first-order valence-corrected chi connectivity index (χ1v) is 6.22. The molecular weight excluding hydrogens is 222 g/mol. The van der Waals surface area contributed by atoms with Gasteiger partial charge in [0.05, 0.1) is 5.02 Å². The largest absolute Gasteiger partial charge is 0.299 e. The summed E-state index contributed by atoms with van der Waals surface area (Å²) in [5.74, 6) is 0.268. The van der Waals surface area contributed by atoms with Gasteiger partial charge in [0, 0.05) is 25.2 Å². The van der Waals surface area contributed by atoms with Gasteiger partial charge in [-0.3, -0.25) is 9.78 Å². The smallest absolute Gasteiger partial charge is 0.137 e. The molecule has 1 aromatic heterocycles. The molecule has 0 unspecified atom stereocenters. The van der Waals surface area contributed by atoms with E-state index in [0.29, 0.717) is 17.9 Å². The Hall–Kier alpha value is -0.890. The zero-order valence-corrected chi connectivity index (χ0v) is 10.5. The number of unbranched alkanes of at least 4 members (excludes halogenated alkanes) is 3. The standard InChI is InChI=1S/C13H18ClNO/c1-2-3-4-5-6-12(16)9-11-7-8-15-10-13(11)14/h7-8,10H,2-6,9H2,1H3. The molecule has 1 aromatic rings. The maximum absolute atomic E-state index is 11.6. The summed E-state index contributed by atoms with van der Waals surface area (Å²) in [7, 11) is 0. The molecule has 88 valence electrons. The summed E-state index contributed by atoms with van der Waals surface area (Å²) in [6, 6.07) is 1.81. The van der Waals surface area contributed by atoms with Gasteiger partial charge in [0.2, 0.25) is 0 Å². The second-order valence-corrected chi connectivity index (χ2v) is 4.40. The third-order valence-electron chi connectivity index (χ3n) is 2.55. The number of hydrogen-bond donors (Lipinski definition) is 0. The Balaban J connectivity index is 2.32. The molecule has 0 amide bonds. The van der Waals surface area contributed by atoms with E-state index in [9.17, 15) is 4.79 Å². The van der Waals surface area contributed by atoms with Gasteiger partial charge in [-0.2, -0.15) is 0 Å². The van der Waals surface area contributed by atoms with Crippen molar-refractivity contribution in [3.8, 4) is 0 Å². The second kappa shape index (κ2) is 7.39. The number of nitrogens with zero attached hydrogens (tertiary/aromatic N) is 1. The van der Waals surface area contributed by atoms with Gasteiger partial charge in [0.25, 0.3) is 0 Å². The highest BCUT2D eigenvalue weighted by Crippen LogP contribution is 2.15. The fraction of sp³-hybridized carbons (Fsp3) is 0.538. The highest BCUT2D eigenvalue weighted by atomic mass is 35.5. The second-order valence-electron chi connectivity index (χ2n) is 3.99. The van der Waals surface area contributed by atoms with E-state index in [1.165, 1.54) is 12.8 Å². The zero-order valence-electron chi connectivity index (χ0n) is 9.71. The third-order valence-corrected chi connectivity index (χ3v) is 2.89. The van der Waals surface area contributed by atoms with Crippen LogP contribution in [0, 0.1) is 0 Å². The van der Waals surface area contributed by atoms with Gasteiger partial charge >= 0.3 is 0 Å². The number of halogens is 1. The Morgan fingerprint density at radius 2 is 2.19 bits per heavy atom. The van der Waals surface area contributed by atoms with Crippen LogP contribution in [0.1, 0.15) is 44.6 Å². The summed E-state index contributed by atoms with van der Waals surface area (Å²) < 4.78 is 0. The summed E-state index contributed by atoms with van der Waals surface area (Å²) in [4.78, 5) is 15.5. The van der Waals surface area contributed by atoms with E-state index in [4.69, 9.17) is 11.6 Å². The average Bonchev–Trinajstić information content (AvgIpc) is 2.28. The zero-order chi connectivity index (χ0) is 11.8. The summed E-state index contributed by atoms with van der Waals surface area (Å²) in [6.45, 7) is 2.17. The average molecular weight is 240 g/mol. The van der Waals surface area contributed by atoms with Crippen molar-refractivity contribution in [3.05, 3.63) is 29.0 Å². The predicted molar refractivity (Wildman–Crippen MR) is 66.7 cm³/mol. The number of aromatic nitrogens is 1. The molecule has 0 N–H and O–H groups in total. The monoisotopic (exact) mass is 239 g/mol. The first-order chi connectivity index (χ1) is 7.74. The molecule has 3 heteroatoms. The van der Waals surface area contributed by atoms with Crippen LogP contribution in [0.25, 0.3) is 0 Å². The van der Waals surface area contributed by atoms with Crippen LogP contribution in [-0.2, 0) is 11.2 Å². The topological polar surface area (TPSA) is 30.0 Å². The van der Waals surface area contributed by atoms with Gasteiger partial charge < -0.3 is 0 Å². The van der Waals surface area contributed by atoms with Crippen molar-refractivity contribution in [2.24, 2.45) is 0 Å². The van der Waals surface area contributed by atoms with Crippen molar-refractivity contribution in [2.75, 3.05) is 0 Å². The lowest BCUT2D eigenvalue weighted by Crippen LogP contribution is -2.03. The lowest BCUT2D eigenvalue weighted by molar-refractivity contribution is -0.118. The number of hydrogen-bond acceptors (Lipinski definition) is 2. The maximum atomic E-state index is 11.6. The van der Waals surface area contributed by atoms with E-state index < -0.39 is 0 Å². The molecule has 0 aliphatic rings. The van der Waals surface area contributed by atoms with Gasteiger partial charge in [0.1, 0.15) is 5.78 Å². The lowest BCUT2D eigenvalue weighted by Gasteiger charge is -2.03. The number of ketones is 1. The van der Waals surface area contributed by atoms with Crippen LogP contribution in [0.15, 0.2) is 18.5 Å². The molecular formula is C13H18ClNO. The van der Waals surface area contributed by atoms with Crippen LogP contribution in [0.3, 0.4) is 0 Å². The summed E-state index contributed by atoms with van der Waals surface area (Å²) in [5.41, 5.74) is 0.886. The highest BCUT2D eigenvalue weighted by molar-refractivity contribution is 6.31. The predicted octanol–water partition coefficient (Wildman–Crippen LogP) is 3.82. The van der Waals surface area contributed by atoms with Crippen LogP contribution in [0.5, 0.6) is 0 Å². The molecule has 1 heterocycles. The number of carbonyl (C=O) groups is 1. The SMILES string of the molecule is CCCCCCC(=O)Cc1ccncc1Cl. The van der Waals surface area contributed by atoms with Gasteiger partial charge in [-0.15, -0.1) is 0 Å². The number of carbonyl (C=O) groups excluding carboxylic acids is 1. The first-order valence-electron chi connectivity index (χ1n) is 5.84. The molecule has 0 atom stereocenters. The van der Waals surface area contributed by atoms with E-state index in [1.807, 2.05) is 6.07 Å². The van der Waals surface area contributed by atoms with Gasteiger partial charge in [-0.25, -0.2) is 0 Å². The van der Waals surface area contributed by atoms with E-state index in [0.717, 1.165) is 18.4 Å². The molecule has 0 spiro atoms. The van der Waals surface area contributed by atoms with Crippen LogP contribution in [-0.4, -0.2) is 10.8 Å². The maximum Gasteiger partial charge on any atom is 0.137 e. The molecule has 1 rings (SSSR count). The summed E-state index contributed by atoms with van der Waals surface area (Å²) in [6.07, 6.45) is 8.91. The molecule has 0 saturated heterocycles. The Kier molecular flexibility index (Phi) is 6.09. The van der Waals surface area contributed by atoms with Crippen LogP contribution in [0.4, 0.5) is 0 Å². The number of Topliss-reactive ketones (excluding diaryl/α,β-unsaturated/α-hetero) is 1. The molecule has 0 fully saturated rings. The van der Waals surface area contributed by atoms with Crippen molar-refractivity contribution in [1.82, 2.24) is 4.98 Å². The summed E-state index contributed by atoms with van der Waals surface area (Å²) in [5, 5.41) is 0.587. The Bertz CT molecular complexity index is 338. The van der Waals surface area contributed by atoms with E-state index in [2.05, 4.69) is 11.9 Å². The fourth-order valence-corrected chi connectivity index (χ4v) is 1.78. The van der Waals surface area contributed by atoms with E-state index in [1.54, 1.807) is 12.4 Å². The normalized spacial score (nSPS) is 10.4. The molecule has 0 aromatic carbocycles. The molecule has 0 aliphatic heterocycles. The lowest BCUT2D eigenvalue weighted by atomic mass is 10.0. The van der Waals surface area contributed by atoms with Crippen molar-refractivity contribution in [1.29, 1.82) is 0 Å². The third kappa shape index (κ3) is 4.75. The van der Waals surface area contributed by atoms with Crippen molar-refractivity contribution in [3.63, 3.8) is 0 Å². The highest BCUT2D eigenvalue weighted by Gasteiger charge is 2.06. The molecule has 2 nitrogen and oxygen atoms in total. The van der Waals surface area contributed by atoms with Gasteiger partial charge in [-0.05, 0) is 18.1 Å².